The fourth-order valence-corrected chi connectivity index (χ4v) is 8.02. The number of rotatable bonds is 2. The van der Waals surface area contributed by atoms with E-state index in [2.05, 4.69) is 171 Å². The van der Waals surface area contributed by atoms with E-state index in [1.54, 1.807) is 0 Å². The Hall–Kier alpha value is -6.39. The number of aromatic nitrogens is 4. The lowest BCUT2D eigenvalue weighted by Gasteiger charge is -2.14. The Bertz CT molecular complexity index is 3030. The zero-order chi connectivity index (χ0) is 30.6. The number of para-hydroxylation sites is 5. The maximum Gasteiger partial charge on any atom is 0.146 e. The van der Waals surface area contributed by atoms with E-state index in [4.69, 9.17) is 4.98 Å². The van der Waals surface area contributed by atoms with Crippen molar-refractivity contribution >= 4 is 82.0 Å². The van der Waals surface area contributed by atoms with Crippen LogP contribution in [-0.4, -0.2) is 18.5 Å². The molecule has 47 heavy (non-hydrogen) atoms. The third-order valence-electron chi connectivity index (χ3n) is 9.98. The quantitative estimate of drug-likeness (QED) is 0.182. The molecule has 0 radical (unpaired) electrons. The highest BCUT2D eigenvalue weighted by Gasteiger charge is 2.19. The predicted molar refractivity (Wildman–Crippen MR) is 196 cm³/mol. The molecule has 0 N–H and O–H groups in total. The zero-order valence-corrected chi connectivity index (χ0v) is 25.3. The van der Waals surface area contributed by atoms with Gasteiger partial charge in [0.2, 0.25) is 0 Å². The Balaban J connectivity index is 1.27. The minimum atomic E-state index is 0.990. The first kappa shape index (κ1) is 24.9. The molecule has 0 amide bonds. The average Bonchev–Trinajstić information content (AvgIpc) is 3.79. The minimum Gasteiger partial charge on any atom is -0.309 e. The molecular weight excluding hydrogens is 573 g/mol. The molecular formula is C43H26N4. The second kappa shape index (κ2) is 9.09. The van der Waals surface area contributed by atoms with Crippen molar-refractivity contribution in [1.29, 1.82) is 0 Å². The predicted octanol–water partition coefficient (Wildman–Crippen LogP) is 11.0. The summed E-state index contributed by atoms with van der Waals surface area (Å²) < 4.78 is 7.18. The summed E-state index contributed by atoms with van der Waals surface area (Å²) in [5, 5.41) is 8.62. The van der Waals surface area contributed by atoms with Crippen LogP contribution in [0.4, 0.5) is 0 Å². The van der Waals surface area contributed by atoms with Gasteiger partial charge >= 0.3 is 0 Å². The highest BCUT2D eigenvalue weighted by molar-refractivity contribution is 6.20. The van der Waals surface area contributed by atoms with Gasteiger partial charge in [0, 0.05) is 43.7 Å². The summed E-state index contributed by atoms with van der Waals surface area (Å²) in [5.41, 5.74) is 11.3. The maximum atomic E-state index is 5.14. The number of imidazole rings is 1. The van der Waals surface area contributed by atoms with Crippen LogP contribution in [0.1, 0.15) is 0 Å². The molecule has 218 valence electrons. The topological polar surface area (TPSA) is 27.2 Å². The highest BCUT2D eigenvalue weighted by atomic mass is 15.0. The molecule has 4 heteroatoms. The third kappa shape index (κ3) is 3.28. The SMILES string of the molecule is c1cc(-n2c3ccccc3c3ccccc32)cc(-n2c3ccccc3c3cc4c5ccccc5c5nc6ccccc6n5c4cc32)c1. The fraction of sp³-hybridized carbons (Fsp3) is 0. The number of fused-ring (bicyclic) bond motifs is 14. The van der Waals surface area contributed by atoms with Gasteiger partial charge in [-0.2, -0.15) is 0 Å². The minimum absolute atomic E-state index is 0.990. The van der Waals surface area contributed by atoms with Crippen molar-refractivity contribution in [3.8, 4) is 11.4 Å². The Kier molecular flexibility index (Phi) is 4.81. The van der Waals surface area contributed by atoms with Crippen LogP contribution in [0.3, 0.4) is 0 Å². The molecule has 11 rings (SSSR count). The molecule has 0 fully saturated rings. The monoisotopic (exact) mass is 598 g/mol. The van der Waals surface area contributed by atoms with Crippen LogP contribution in [0.2, 0.25) is 0 Å². The van der Waals surface area contributed by atoms with Crippen LogP contribution in [0.15, 0.2) is 158 Å². The normalized spacial score (nSPS) is 12.3. The maximum absolute atomic E-state index is 5.14. The molecule has 0 saturated heterocycles. The van der Waals surface area contributed by atoms with Crippen LogP contribution >= 0.6 is 0 Å². The van der Waals surface area contributed by atoms with Gasteiger partial charge in [0.1, 0.15) is 5.65 Å². The molecule has 4 aromatic heterocycles. The molecule has 0 atom stereocenters. The number of hydrogen-bond donors (Lipinski definition) is 0. The lowest BCUT2D eigenvalue weighted by atomic mass is 10.0. The van der Waals surface area contributed by atoms with Crippen LogP contribution in [-0.2, 0) is 0 Å². The van der Waals surface area contributed by atoms with Crippen molar-refractivity contribution < 1.29 is 0 Å². The highest BCUT2D eigenvalue weighted by Crippen LogP contribution is 2.40. The van der Waals surface area contributed by atoms with Gasteiger partial charge in [-0.15, -0.1) is 0 Å². The Morgan fingerprint density at radius 3 is 1.47 bits per heavy atom. The largest absolute Gasteiger partial charge is 0.309 e. The Morgan fingerprint density at radius 1 is 0.319 bits per heavy atom. The smallest absolute Gasteiger partial charge is 0.146 e. The molecule has 0 aliphatic rings. The molecule has 0 spiro atoms. The molecule has 0 aliphatic heterocycles. The second-order valence-corrected chi connectivity index (χ2v) is 12.4. The van der Waals surface area contributed by atoms with Crippen molar-refractivity contribution in [3.63, 3.8) is 0 Å². The average molecular weight is 599 g/mol. The molecule has 0 unspecified atom stereocenters. The number of nitrogens with zero attached hydrogens (tertiary/aromatic N) is 4. The first-order valence-corrected chi connectivity index (χ1v) is 16.1. The first-order chi connectivity index (χ1) is 23.3. The summed E-state index contributed by atoms with van der Waals surface area (Å²) in [4.78, 5) is 5.14. The van der Waals surface area contributed by atoms with Crippen LogP contribution in [0.25, 0.3) is 93.3 Å². The van der Waals surface area contributed by atoms with E-state index in [0.717, 1.165) is 39.0 Å². The molecule has 4 heterocycles. The fourth-order valence-electron chi connectivity index (χ4n) is 8.02. The summed E-state index contributed by atoms with van der Waals surface area (Å²) in [6.45, 7) is 0. The van der Waals surface area contributed by atoms with Crippen LogP contribution in [0.5, 0.6) is 0 Å². The van der Waals surface area contributed by atoms with Crippen molar-refractivity contribution in [2.45, 2.75) is 0 Å². The van der Waals surface area contributed by atoms with Crippen LogP contribution < -0.4 is 0 Å². The van der Waals surface area contributed by atoms with Gasteiger partial charge < -0.3 is 9.13 Å². The van der Waals surface area contributed by atoms with Crippen molar-refractivity contribution in [1.82, 2.24) is 18.5 Å². The number of pyridine rings is 1. The van der Waals surface area contributed by atoms with Gasteiger partial charge in [0.25, 0.3) is 0 Å². The van der Waals surface area contributed by atoms with Gasteiger partial charge in [-0.05, 0) is 66.0 Å². The standard InChI is InChI=1S/C43H26N4/c1-2-18-33-29(14-1)34-25-35-32-17-5-9-22-39(32)46(41(35)26-42(34)47-40-23-10-6-19-36(40)44-43(33)47)28-13-11-12-27(24-28)45-37-20-7-3-15-30(37)31-16-4-8-21-38(31)45/h1-26H. The first-order valence-electron chi connectivity index (χ1n) is 16.1. The molecule has 0 aliphatic carbocycles. The molecule has 11 aromatic rings. The Morgan fingerprint density at radius 2 is 0.809 bits per heavy atom. The van der Waals surface area contributed by atoms with Crippen molar-refractivity contribution in [2.24, 2.45) is 0 Å². The van der Waals surface area contributed by atoms with E-state index < -0.39 is 0 Å². The van der Waals surface area contributed by atoms with E-state index in [1.165, 1.54) is 54.4 Å². The molecule has 0 bridgehead atoms. The van der Waals surface area contributed by atoms with Gasteiger partial charge in [-0.25, -0.2) is 4.98 Å². The lowest BCUT2D eigenvalue weighted by Crippen LogP contribution is -1.99. The van der Waals surface area contributed by atoms with Crippen LogP contribution in [0, 0.1) is 0 Å². The lowest BCUT2D eigenvalue weighted by molar-refractivity contribution is 1.13. The summed E-state index contributed by atoms with van der Waals surface area (Å²) in [7, 11) is 0. The van der Waals surface area contributed by atoms with E-state index in [9.17, 15) is 0 Å². The number of benzene rings is 7. The molecule has 7 aromatic carbocycles. The second-order valence-electron chi connectivity index (χ2n) is 12.4. The Labute approximate surface area is 268 Å². The zero-order valence-electron chi connectivity index (χ0n) is 25.3. The van der Waals surface area contributed by atoms with Gasteiger partial charge in [0.05, 0.1) is 38.6 Å². The van der Waals surface area contributed by atoms with E-state index in [-0.39, 0.29) is 0 Å². The van der Waals surface area contributed by atoms with Crippen molar-refractivity contribution in [2.75, 3.05) is 0 Å². The summed E-state index contributed by atoms with van der Waals surface area (Å²) in [5.74, 6) is 0. The molecule has 4 nitrogen and oxygen atoms in total. The van der Waals surface area contributed by atoms with Gasteiger partial charge in [-0.3, -0.25) is 4.40 Å². The van der Waals surface area contributed by atoms with Gasteiger partial charge in [0.15, 0.2) is 0 Å². The summed E-state index contributed by atoms with van der Waals surface area (Å²) in [6, 6.07) is 57.1. The summed E-state index contributed by atoms with van der Waals surface area (Å²) >= 11 is 0. The summed E-state index contributed by atoms with van der Waals surface area (Å²) in [6.07, 6.45) is 0. The van der Waals surface area contributed by atoms with E-state index in [0.29, 0.717) is 0 Å². The third-order valence-corrected chi connectivity index (χ3v) is 9.98. The number of hydrogen-bond acceptors (Lipinski definition) is 1. The van der Waals surface area contributed by atoms with E-state index >= 15 is 0 Å². The van der Waals surface area contributed by atoms with Crippen molar-refractivity contribution in [3.05, 3.63) is 158 Å². The van der Waals surface area contributed by atoms with E-state index in [1.807, 2.05) is 0 Å². The molecule has 0 saturated carbocycles. The van der Waals surface area contributed by atoms with Gasteiger partial charge in [-0.1, -0.05) is 97.1 Å².